The number of hydrogen-bond donors (Lipinski definition) is 0. The van der Waals surface area contributed by atoms with Crippen molar-refractivity contribution >= 4 is 17.3 Å². The Kier molecular flexibility index (Phi) is 1.89. The van der Waals surface area contributed by atoms with Crippen molar-refractivity contribution < 1.29 is 9.21 Å². The Morgan fingerprint density at radius 1 is 1.38 bits per heavy atom. The number of benzene rings is 1. The van der Waals surface area contributed by atoms with Gasteiger partial charge in [0, 0.05) is 17.4 Å². The van der Waals surface area contributed by atoms with Crippen molar-refractivity contribution in [3.05, 3.63) is 35.6 Å². The minimum absolute atomic E-state index is 0.657. The van der Waals surface area contributed by atoms with Gasteiger partial charge in [-0.1, -0.05) is 19.1 Å². The molecule has 2 rings (SSSR count). The van der Waals surface area contributed by atoms with Crippen LogP contribution in [0.3, 0.4) is 0 Å². The van der Waals surface area contributed by atoms with Gasteiger partial charge >= 0.3 is 0 Å². The Bertz CT molecular complexity index is 440. The second-order valence-electron chi connectivity index (χ2n) is 2.98. The Morgan fingerprint density at radius 2 is 2.23 bits per heavy atom. The number of aldehydes is 1. The molecule has 0 bridgehead atoms. The van der Waals surface area contributed by atoms with E-state index in [0.29, 0.717) is 5.56 Å². The minimum atomic E-state index is 0.657. The summed E-state index contributed by atoms with van der Waals surface area (Å²) in [7, 11) is 0. The Hall–Kier alpha value is -1.57. The molecule has 0 aliphatic rings. The van der Waals surface area contributed by atoms with E-state index < -0.39 is 0 Å². The van der Waals surface area contributed by atoms with Gasteiger partial charge in [0.2, 0.25) is 0 Å². The van der Waals surface area contributed by atoms with E-state index in [-0.39, 0.29) is 0 Å². The molecule has 0 aliphatic carbocycles. The molecule has 1 aromatic carbocycles. The molecule has 0 saturated carbocycles. The number of hydrogen-bond acceptors (Lipinski definition) is 2. The van der Waals surface area contributed by atoms with E-state index in [1.807, 2.05) is 19.1 Å². The summed E-state index contributed by atoms with van der Waals surface area (Å²) < 4.78 is 5.50. The number of rotatable bonds is 2. The molecule has 2 aromatic rings. The molecule has 1 heterocycles. The van der Waals surface area contributed by atoms with Gasteiger partial charge in [0.1, 0.15) is 17.6 Å². The Morgan fingerprint density at radius 3 is 2.92 bits per heavy atom. The second kappa shape index (κ2) is 3.05. The average molecular weight is 174 g/mol. The van der Waals surface area contributed by atoms with Gasteiger partial charge in [0.15, 0.2) is 0 Å². The molecule has 0 amide bonds. The fraction of sp³-hybridized carbons (Fsp3) is 0.182. The molecule has 0 fully saturated rings. The maximum atomic E-state index is 10.5. The molecule has 0 spiro atoms. The number of carbonyl (C=O) groups excluding carboxylic acids is 1. The summed E-state index contributed by atoms with van der Waals surface area (Å²) >= 11 is 0. The molecule has 2 heteroatoms. The van der Waals surface area contributed by atoms with Crippen LogP contribution in [0.25, 0.3) is 11.0 Å². The van der Waals surface area contributed by atoms with Crippen LogP contribution in [-0.2, 0) is 6.42 Å². The fourth-order valence-electron chi connectivity index (χ4n) is 1.35. The van der Waals surface area contributed by atoms with Gasteiger partial charge in [0.05, 0.1) is 0 Å². The topological polar surface area (TPSA) is 30.2 Å². The molecular weight excluding hydrogens is 164 g/mol. The third-order valence-electron chi connectivity index (χ3n) is 2.08. The lowest BCUT2D eigenvalue weighted by atomic mass is 10.2. The van der Waals surface area contributed by atoms with E-state index in [1.165, 1.54) is 0 Å². The Labute approximate surface area is 76.2 Å². The summed E-state index contributed by atoms with van der Waals surface area (Å²) in [5.41, 5.74) is 1.45. The first-order chi connectivity index (χ1) is 6.33. The molecule has 66 valence electrons. The van der Waals surface area contributed by atoms with Crippen molar-refractivity contribution in [3.63, 3.8) is 0 Å². The summed E-state index contributed by atoms with van der Waals surface area (Å²) in [6.07, 6.45) is 1.71. The smallest absolute Gasteiger partial charge is 0.150 e. The van der Waals surface area contributed by atoms with E-state index >= 15 is 0 Å². The zero-order valence-electron chi connectivity index (χ0n) is 7.41. The van der Waals surface area contributed by atoms with Crippen LogP contribution in [0.1, 0.15) is 23.0 Å². The van der Waals surface area contributed by atoms with Gasteiger partial charge in [-0.3, -0.25) is 4.79 Å². The van der Waals surface area contributed by atoms with Crippen molar-refractivity contribution in [3.8, 4) is 0 Å². The van der Waals surface area contributed by atoms with Crippen molar-refractivity contribution in [2.24, 2.45) is 0 Å². The van der Waals surface area contributed by atoms with E-state index in [0.717, 1.165) is 29.4 Å². The highest BCUT2D eigenvalue weighted by molar-refractivity contribution is 5.85. The van der Waals surface area contributed by atoms with Gasteiger partial charge in [-0.05, 0) is 12.1 Å². The molecule has 0 N–H and O–H groups in total. The van der Waals surface area contributed by atoms with Gasteiger partial charge in [-0.15, -0.1) is 0 Å². The first-order valence-electron chi connectivity index (χ1n) is 4.31. The van der Waals surface area contributed by atoms with Crippen LogP contribution in [0.4, 0.5) is 0 Å². The van der Waals surface area contributed by atoms with E-state index in [1.54, 1.807) is 12.1 Å². The maximum absolute atomic E-state index is 10.5. The summed E-state index contributed by atoms with van der Waals surface area (Å²) in [6, 6.07) is 7.47. The molecule has 0 saturated heterocycles. The quantitative estimate of drug-likeness (QED) is 0.655. The van der Waals surface area contributed by atoms with Crippen molar-refractivity contribution in [1.82, 2.24) is 0 Å². The van der Waals surface area contributed by atoms with Crippen LogP contribution in [0.2, 0.25) is 0 Å². The second-order valence-corrected chi connectivity index (χ2v) is 2.98. The van der Waals surface area contributed by atoms with Gasteiger partial charge < -0.3 is 4.42 Å². The van der Waals surface area contributed by atoms with Gasteiger partial charge in [-0.2, -0.15) is 0 Å². The molecule has 1 aromatic heterocycles. The highest BCUT2D eigenvalue weighted by Crippen LogP contribution is 2.20. The van der Waals surface area contributed by atoms with Crippen LogP contribution in [0.5, 0.6) is 0 Å². The minimum Gasteiger partial charge on any atom is -0.461 e. The molecule has 0 radical (unpaired) electrons. The first-order valence-corrected chi connectivity index (χ1v) is 4.31. The summed E-state index contributed by atoms with van der Waals surface area (Å²) in [5, 5.41) is 1.06. The van der Waals surface area contributed by atoms with Crippen molar-refractivity contribution in [2.75, 3.05) is 0 Å². The standard InChI is InChI=1S/C11H10O2/c1-2-10-6-9-4-3-8(7-12)5-11(9)13-10/h3-7H,2H2,1H3. The Balaban J connectivity index is 2.63. The molecule has 0 unspecified atom stereocenters. The maximum Gasteiger partial charge on any atom is 0.150 e. The number of fused-ring (bicyclic) bond motifs is 1. The van der Waals surface area contributed by atoms with Crippen LogP contribution in [-0.4, -0.2) is 6.29 Å². The third-order valence-corrected chi connectivity index (χ3v) is 2.08. The van der Waals surface area contributed by atoms with Gasteiger partial charge in [0.25, 0.3) is 0 Å². The number of furan rings is 1. The van der Waals surface area contributed by atoms with Gasteiger partial charge in [-0.25, -0.2) is 0 Å². The van der Waals surface area contributed by atoms with Crippen molar-refractivity contribution in [1.29, 1.82) is 0 Å². The van der Waals surface area contributed by atoms with E-state index in [9.17, 15) is 4.79 Å². The molecule has 0 aliphatic heterocycles. The lowest BCUT2D eigenvalue weighted by Gasteiger charge is -1.89. The SMILES string of the molecule is CCc1cc2ccc(C=O)cc2o1. The molecule has 0 atom stereocenters. The zero-order valence-corrected chi connectivity index (χ0v) is 7.41. The van der Waals surface area contributed by atoms with Crippen LogP contribution in [0.15, 0.2) is 28.7 Å². The monoisotopic (exact) mass is 174 g/mol. The zero-order chi connectivity index (χ0) is 9.26. The normalized spacial score (nSPS) is 10.5. The van der Waals surface area contributed by atoms with Crippen LogP contribution in [0, 0.1) is 0 Å². The summed E-state index contributed by atoms with van der Waals surface area (Å²) in [4.78, 5) is 10.5. The van der Waals surface area contributed by atoms with E-state index in [4.69, 9.17) is 4.42 Å². The van der Waals surface area contributed by atoms with E-state index in [2.05, 4.69) is 0 Å². The molecular formula is C11H10O2. The largest absolute Gasteiger partial charge is 0.461 e. The predicted molar refractivity (Wildman–Crippen MR) is 51.0 cm³/mol. The third kappa shape index (κ3) is 1.35. The fourth-order valence-corrected chi connectivity index (χ4v) is 1.35. The first kappa shape index (κ1) is 8.05. The van der Waals surface area contributed by atoms with Crippen LogP contribution < -0.4 is 0 Å². The van der Waals surface area contributed by atoms with Crippen molar-refractivity contribution in [2.45, 2.75) is 13.3 Å². The molecule has 2 nitrogen and oxygen atoms in total. The number of carbonyl (C=O) groups is 1. The highest BCUT2D eigenvalue weighted by Gasteiger charge is 2.02. The predicted octanol–water partition coefficient (Wildman–Crippen LogP) is 2.81. The summed E-state index contributed by atoms with van der Waals surface area (Å²) in [5.74, 6) is 0.957. The van der Waals surface area contributed by atoms with Crippen LogP contribution >= 0.6 is 0 Å². The summed E-state index contributed by atoms with van der Waals surface area (Å²) in [6.45, 7) is 2.04. The molecule has 13 heavy (non-hydrogen) atoms. The lowest BCUT2D eigenvalue weighted by Crippen LogP contribution is -1.75. The lowest BCUT2D eigenvalue weighted by molar-refractivity contribution is 0.112. The number of aryl methyl sites for hydroxylation is 1. The highest BCUT2D eigenvalue weighted by atomic mass is 16.3. The average Bonchev–Trinajstić information content (AvgIpc) is 2.58.